The third kappa shape index (κ3) is 4.06. The number of rotatable bonds is 7. The molecule has 4 rings (SSSR count). The fraction of sp³-hybridized carbons (Fsp3) is 0.458. The zero-order chi connectivity index (χ0) is 21.1. The van der Waals surface area contributed by atoms with Gasteiger partial charge in [-0.1, -0.05) is 39.3 Å². The largest absolute Gasteiger partial charge is 0.493 e. The van der Waals surface area contributed by atoms with E-state index in [0.717, 1.165) is 40.2 Å². The maximum absolute atomic E-state index is 5.68. The summed E-state index contributed by atoms with van der Waals surface area (Å²) < 4.78 is 5.68. The maximum Gasteiger partial charge on any atom is 0.158 e. The molecule has 0 unspecified atom stereocenters. The van der Waals surface area contributed by atoms with Crippen molar-refractivity contribution in [1.82, 2.24) is 9.97 Å². The lowest BCUT2D eigenvalue weighted by molar-refractivity contribution is 0.184. The van der Waals surface area contributed by atoms with Crippen LogP contribution in [0.25, 0.3) is 10.2 Å². The van der Waals surface area contributed by atoms with Crippen molar-refractivity contribution in [3.8, 4) is 5.75 Å². The Bertz CT molecular complexity index is 1060. The summed E-state index contributed by atoms with van der Waals surface area (Å²) in [6, 6.07) is 7.90. The molecule has 3 aromatic rings. The number of nitrogens with zero attached hydrogens (tertiary/aromatic N) is 3. The highest BCUT2D eigenvalue weighted by Crippen LogP contribution is 2.45. The van der Waals surface area contributed by atoms with Crippen LogP contribution in [-0.4, -0.2) is 22.8 Å². The third-order valence-electron chi connectivity index (χ3n) is 6.45. The van der Waals surface area contributed by atoms with E-state index in [-0.39, 0.29) is 0 Å². The van der Waals surface area contributed by atoms with Gasteiger partial charge in [-0.2, -0.15) is 5.10 Å². The fourth-order valence-electron chi connectivity index (χ4n) is 4.19. The first kappa shape index (κ1) is 20.8. The first-order valence-corrected chi connectivity index (χ1v) is 11.6. The molecule has 1 aliphatic rings. The van der Waals surface area contributed by atoms with Gasteiger partial charge in [0.2, 0.25) is 0 Å². The molecule has 2 heterocycles. The van der Waals surface area contributed by atoms with Gasteiger partial charge in [0, 0.05) is 10.4 Å². The maximum atomic E-state index is 5.68. The number of para-hydroxylation sites is 1. The Morgan fingerprint density at radius 3 is 2.90 bits per heavy atom. The number of nitrogens with one attached hydrogen (secondary N) is 1. The molecule has 1 aromatic carbocycles. The summed E-state index contributed by atoms with van der Waals surface area (Å²) in [7, 11) is 0. The van der Waals surface area contributed by atoms with E-state index < -0.39 is 0 Å². The SMILES string of the molecule is CCOc1ccccc1/C=N\Nc1ncnc2sc3c(c12)C[C@H](C(C)(C)CC)CC3. The van der Waals surface area contributed by atoms with Gasteiger partial charge in [-0.05, 0) is 55.2 Å². The van der Waals surface area contributed by atoms with E-state index in [0.29, 0.717) is 17.9 Å². The van der Waals surface area contributed by atoms with Crippen LogP contribution in [0, 0.1) is 11.3 Å². The van der Waals surface area contributed by atoms with Crippen LogP contribution in [0.1, 0.15) is 56.5 Å². The van der Waals surface area contributed by atoms with Crippen LogP contribution in [-0.2, 0) is 12.8 Å². The van der Waals surface area contributed by atoms with Crippen LogP contribution < -0.4 is 10.2 Å². The quantitative estimate of drug-likeness (QED) is 0.370. The van der Waals surface area contributed by atoms with Crippen molar-refractivity contribution < 1.29 is 4.74 Å². The van der Waals surface area contributed by atoms with Crippen molar-refractivity contribution in [2.75, 3.05) is 12.0 Å². The van der Waals surface area contributed by atoms with Crippen molar-refractivity contribution in [3.63, 3.8) is 0 Å². The van der Waals surface area contributed by atoms with Gasteiger partial charge in [0.1, 0.15) is 16.9 Å². The molecular weight excluding hydrogens is 392 g/mol. The molecule has 1 N–H and O–H groups in total. The molecule has 0 aliphatic heterocycles. The molecular formula is C24H30N4OS. The molecule has 0 bridgehead atoms. The highest BCUT2D eigenvalue weighted by molar-refractivity contribution is 7.19. The summed E-state index contributed by atoms with van der Waals surface area (Å²) in [5.74, 6) is 2.30. The molecule has 0 saturated carbocycles. The molecule has 0 amide bonds. The Labute approximate surface area is 182 Å². The third-order valence-corrected chi connectivity index (χ3v) is 7.65. The highest BCUT2D eigenvalue weighted by atomic mass is 32.1. The zero-order valence-corrected chi connectivity index (χ0v) is 19.1. The number of thiophene rings is 1. The number of hydrazone groups is 1. The molecule has 0 spiro atoms. The van der Waals surface area contributed by atoms with E-state index in [1.807, 2.05) is 42.5 Å². The fourth-order valence-corrected chi connectivity index (χ4v) is 5.37. The standard InChI is InChI=1S/C24H30N4OS/c1-5-24(3,4)17-11-12-20-18(13-17)21-22(25-15-26-23(21)30-20)28-27-14-16-9-7-8-10-19(16)29-6-2/h7-10,14-15,17H,5-6,11-13H2,1-4H3,(H,25,26,28)/b27-14-/t17-/m1/s1. The van der Waals surface area contributed by atoms with E-state index in [9.17, 15) is 0 Å². The van der Waals surface area contributed by atoms with Crippen LogP contribution in [0.3, 0.4) is 0 Å². The van der Waals surface area contributed by atoms with E-state index in [2.05, 4.69) is 41.3 Å². The van der Waals surface area contributed by atoms with E-state index >= 15 is 0 Å². The van der Waals surface area contributed by atoms with Crippen molar-refractivity contribution in [2.45, 2.75) is 53.4 Å². The molecule has 1 aliphatic carbocycles. The summed E-state index contributed by atoms with van der Waals surface area (Å²) >= 11 is 1.81. The van der Waals surface area contributed by atoms with Gasteiger partial charge < -0.3 is 4.74 Å². The second-order valence-corrected chi connectivity index (χ2v) is 9.61. The number of benzene rings is 1. The first-order valence-electron chi connectivity index (χ1n) is 10.8. The average Bonchev–Trinajstić information content (AvgIpc) is 3.14. The van der Waals surface area contributed by atoms with Crippen LogP contribution in [0.5, 0.6) is 5.75 Å². The number of anilines is 1. The zero-order valence-electron chi connectivity index (χ0n) is 18.2. The van der Waals surface area contributed by atoms with Gasteiger partial charge in [-0.25, -0.2) is 9.97 Å². The van der Waals surface area contributed by atoms with Gasteiger partial charge >= 0.3 is 0 Å². The number of hydrogen-bond acceptors (Lipinski definition) is 6. The van der Waals surface area contributed by atoms with Gasteiger partial charge in [0.05, 0.1) is 18.2 Å². The molecule has 2 aromatic heterocycles. The summed E-state index contributed by atoms with van der Waals surface area (Å²) in [4.78, 5) is 11.6. The Kier molecular flexibility index (Phi) is 6.04. The van der Waals surface area contributed by atoms with Crippen LogP contribution in [0.2, 0.25) is 0 Å². The molecule has 6 heteroatoms. The van der Waals surface area contributed by atoms with Gasteiger partial charge in [-0.15, -0.1) is 11.3 Å². The highest BCUT2D eigenvalue weighted by Gasteiger charge is 2.33. The molecule has 1 atom stereocenters. The summed E-state index contributed by atoms with van der Waals surface area (Å²) in [5, 5.41) is 5.62. The van der Waals surface area contributed by atoms with Crippen LogP contribution >= 0.6 is 11.3 Å². The van der Waals surface area contributed by atoms with E-state index in [1.165, 1.54) is 23.3 Å². The smallest absolute Gasteiger partial charge is 0.158 e. The van der Waals surface area contributed by atoms with Crippen molar-refractivity contribution in [3.05, 3.63) is 46.6 Å². The lowest BCUT2D eigenvalue weighted by Gasteiger charge is -2.36. The Morgan fingerprint density at radius 1 is 1.27 bits per heavy atom. The molecule has 0 fully saturated rings. The lowest BCUT2D eigenvalue weighted by atomic mass is 9.69. The molecule has 30 heavy (non-hydrogen) atoms. The minimum atomic E-state index is 0.344. The average molecular weight is 423 g/mol. The van der Waals surface area contributed by atoms with Crippen molar-refractivity contribution >= 4 is 33.6 Å². The Morgan fingerprint density at radius 2 is 2.10 bits per heavy atom. The normalized spacial score (nSPS) is 16.7. The minimum Gasteiger partial charge on any atom is -0.493 e. The summed E-state index contributed by atoms with van der Waals surface area (Å²) in [6.07, 6.45) is 8.10. The number of hydrogen-bond donors (Lipinski definition) is 1. The predicted molar refractivity (Wildman–Crippen MR) is 126 cm³/mol. The Balaban J connectivity index is 1.63. The number of aryl methyl sites for hydroxylation is 1. The molecule has 0 saturated heterocycles. The number of aromatic nitrogens is 2. The minimum absolute atomic E-state index is 0.344. The molecule has 5 nitrogen and oxygen atoms in total. The van der Waals surface area contributed by atoms with E-state index in [4.69, 9.17) is 4.74 Å². The van der Waals surface area contributed by atoms with Gasteiger partial charge in [-0.3, -0.25) is 5.43 Å². The monoisotopic (exact) mass is 422 g/mol. The molecule has 0 radical (unpaired) electrons. The van der Waals surface area contributed by atoms with E-state index in [1.54, 1.807) is 12.5 Å². The topological polar surface area (TPSA) is 59.4 Å². The van der Waals surface area contributed by atoms with Gasteiger partial charge in [0.25, 0.3) is 0 Å². The number of ether oxygens (including phenoxy) is 1. The summed E-state index contributed by atoms with van der Waals surface area (Å²) in [6.45, 7) is 9.70. The van der Waals surface area contributed by atoms with Gasteiger partial charge in [0.15, 0.2) is 5.82 Å². The lowest BCUT2D eigenvalue weighted by Crippen LogP contribution is -2.28. The Hall–Kier alpha value is -2.47. The second-order valence-electron chi connectivity index (χ2n) is 8.53. The van der Waals surface area contributed by atoms with Crippen molar-refractivity contribution in [1.29, 1.82) is 0 Å². The van der Waals surface area contributed by atoms with Crippen LogP contribution in [0.4, 0.5) is 5.82 Å². The van der Waals surface area contributed by atoms with Crippen LogP contribution in [0.15, 0.2) is 35.7 Å². The molecule has 158 valence electrons. The number of fused-ring (bicyclic) bond motifs is 3. The predicted octanol–water partition coefficient (Wildman–Crippen LogP) is 6.08. The summed E-state index contributed by atoms with van der Waals surface area (Å²) in [5.41, 5.74) is 5.88. The van der Waals surface area contributed by atoms with Crippen molar-refractivity contribution in [2.24, 2.45) is 16.4 Å². The second kappa shape index (κ2) is 8.72. The first-order chi connectivity index (χ1) is 14.5.